The quantitative estimate of drug-likeness (QED) is 0.673. The van der Waals surface area contributed by atoms with Crippen molar-refractivity contribution < 1.29 is 23.7 Å². The van der Waals surface area contributed by atoms with Crippen LogP contribution in [0.3, 0.4) is 0 Å². The average molecular weight is 402 g/mol. The van der Waals surface area contributed by atoms with Crippen molar-refractivity contribution in [2.24, 2.45) is 0 Å². The van der Waals surface area contributed by atoms with Crippen LogP contribution in [0, 0.1) is 0 Å². The van der Waals surface area contributed by atoms with Crippen molar-refractivity contribution in [3.63, 3.8) is 0 Å². The van der Waals surface area contributed by atoms with Crippen molar-refractivity contribution >= 4 is 6.09 Å². The van der Waals surface area contributed by atoms with Crippen LogP contribution in [0.4, 0.5) is 4.79 Å². The number of carbonyl (C=O) groups is 1. The van der Waals surface area contributed by atoms with Gasteiger partial charge in [-0.15, -0.1) is 0 Å². The Bertz CT molecular complexity index is 767. The second kappa shape index (κ2) is 10.0. The van der Waals surface area contributed by atoms with E-state index in [1.165, 1.54) is 0 Å². The highest BCUT2D eigenvalue weighted by Crippen LogP contribution is 2.24. The third-order valence-electron chi connectivity index (χ3n) is 3.39. The number of aromatic nitrogens is 1. The Morgan fingerprint density at radius 2 is 1.62 bits per heavy atom. The Balaban J connectivity index is 1.80. The molecule has 0 saturated heterocycles. The Kier molecular flexibility index (Phi) is 7.70. The van der Waals surface area contributed by atoms with Gasteiger partial charge in [0.2, 0.25) is 5.88 Å². The van der Waals surface area contributed by atoms with Crippen molar-refractivity contribution in [2.45, 2.75) is 59.3 Å². The van der Waals surface area contributed by atoms with E-state index < -0.39 is 11.7 Å². The van der Waals surface area contributed by atoms with Crippen LogP contribution >= 0.6 is 0 Å². The molecule has 0 fully saturated rings. The molecule has 1 aromatic carbocycles. The average Bonchev–Trinajstić information content (AvgIpc) is 2.60. The van der Waals surface area contributed by atoms with Gasteiger partial charge in [0, 0.05) is 6.07 Å². The molecule has 0 radical (unpaired) electrons. The molecule has 29 heavy (non-hydrogen) atoms. The Hall–Kier alpha value is -2.96. The first-order valence-electron chi connectivity index (χ1n) is 9.63. The maximum absolute atomic E-state index is 11.8. The molecule has 1 N–H and O–H groups in total. The first-order valence-corrected chi connectivity index (χ1v) is 9.63. The summed E-state index contributed by atoms with van der Waals surface area (Å²) in [7, 11) is 0. The monoisotopic (exact) mass is 402 g/mol. The summed E-state index contributed by atoms with van der Waals surface area (Å²) < 4.78 is 22.2. The molecule has 1 unspecified atom stereocenters. The van der Waals surface area contributed by atoms with Crippen molar-refractivity contribution in [2.75, 3.05) is 6.61 Å². The second-order valence-corrected chi connectivity index (χ2v) is 7.93. The number of hydrogen-bond acceptors (Lipinski definition) is 6. The second-order valence-electron chi connectivity index (χ2n) is 7.93. The van der Waals surface area contributed by atoms with Gasteiger partial charge in [-0.25, -0.2) is 9.78 Å². The molecule has 0 spiro atoms. The van der Waals surface area contributed by atoms with Gasteiger partial charge in [-0.05, 0) is 71.9 Å². The summed E-state index contributed by atoms with van der Waals surface area (Å²) in [6.45, 7) is 11.5. The summed E-state index contributed by atoms with van der Waals surface area (Å²) >= 11 is 0. The largest absolute Gasteiger partial charge is 0.491 e. The van der Waals surface area contributed by atoms with Gasteiger partial charge < -0.3 is 24.3 Å². The SMILES string of the molecule is CC(COc1ccc(Oc2ccc(OC(C)C)cn2)cc1)NC(=O)OC(C)(C)C. The highest BCUT2D eigenvalue weighted by atomic mass is 16.6. The number of benzene rings is 1. The van der Waals surface area contributed by atoms with Gasteiger partial charge in [-0.3, -0.25) is 0 Å². The number of carbonyl (C=O) groups excluding carboxylic acids is 1. The highest BCUT2D eigenvalue weighted by molar-refractivity contribution is 5.68. The molecule has 0 bridgehead atoms. The topological polar surface area (TPSA) is 78.9 Å². The van der Waals surface area contributed by atoms with E-state index in [0.29, 0.717) is 29.7 Å². The molecule has 7 nitrogen and oxygen atoms in total. The van der Waals surface area contributed by atoms with Crippen LogP contribution in [0.15, 0.2) is 42.6 Å². The van der Waals surface area contributed by atoms with Gasteiger partial charge >= 0.3 is 6.09 Å². The third-order valence-corrected chi connectivity index (χ3v) is 3.39. The number of pyridine rings is 1. The lowest BCUT2D eigenvalue weighted by Crippen LogP contribution is -2.40. The smallest absolute Gasteiger partial charge is 0.407 e. The molecule has 1 heterocycles. The number of nitrogens with zero attached hydrogens (tertiary/aromatic N) is 1. The predicted molar refractivity (Wildman–Crippen MR) is 111 cm³/mol. The molecule has 2 rings (SSSR count). The van der Waals surface area contributed by atoms with E-state index in [0.717, 1.165) is 0 Å². The molecule has 0 aliphatic rings. The van der Waals surface area contributed by atoms with Crippen molar-refractivity contribution in [3.8, 4) is 23.1 Å². The number of nitrogens with one attached hydrogen (secondary N) is 1. The van der Waals surface area contributed by atoms with Crippen LogP contribution in [0.5, 0.6) is 23.1 Å². The summed E-state index contributed by atoms with van der Waals surface area (Å²) in [6, 6.07) is 10.6. The van der Waals surface area contributed by atoms with Crippen LogP contribution in [-0.2, 0) is 4.74 Å². The summed E-state index contributed by atoms with van der Waals surface area (Å²) in [5.41, 5.74) is -0.531. The van der Waals surface area contributed by atoms with Crippen molar-refractivity contribution in [1.82, 2.24) is 10.3 Å². The summed E-state index contributed by atoms with van der Waals surface area (Å²) in [6.07, 6.45) is 1.26. The normalized spacial score (nSPS) is 12.2. The van der Waals surface area contributed by atoms with Crippen LogP contribution < -0.4 is 19.5 Å². The zero-order valence-corrected chi connectivity index (χ0v) is 17.9. The van der Waals surface area contributed by atoms with Crippen molar-refractivity contribution in [3.05, 3.63) is 42.6 Å². The maximum atomic E-state index is 11.8. The lowest BCUT2D eigenvalue weighted by atomic mass is 10.2. The molecule has 0 saturated carbocycles. The standard InChI is InChI=1S/C22H30N2O5/c1-15(2)27-19-11-12-20(23-13-19)28-18-9-7-17(8-10-18)26-14-16(3)24-21(25)29-22(4,5)6/h7-13,15-16H,14H2,1-6H3,(H,24,25). The molecule has 7 heteroatoms. The van der Waals surface area contributed by atoms with Gasteiger partial charge in [-0.2, -0.15) is 0 Å². The van der Waals surface area contributed by atoms with Crippen LogP contribution in [-0.4, -0.2) is 35.4 Å². The number of rotatable bonds is 8. The fourth-order valence-corrected chi connectivity index (χ4v) is 2.27. The van der Waals surface area contributed by atoms with E-state index in [-0.39, 0.29) is 12.1 Å². The first kappa shape index (κ1) is 22.3. The van der Waals surface area contributed by atoms with Crippen LogP contribution in [0.25, 0.3) is 0 Å². The fourth-order valence-electron chi connectivity index (χ4n) is 2.27. The number of amides is 1. The molecular weight excluding hydrogens is 372 g/mol. The minimum absolute atomic E-state index is 0.0955. The molecule has 1 amide bonds. The van der Waals surface area contributed by atoms with E-state index in [2.05, 4.69) is 10.3 Å². The maximum Gasteiger partial charge on any atom is 0.407 e. The highest BCUT2D eigenvalue weighted by Gasteiger charge is 2.17. The lowest BCUT2D eigenvalue weighted by molar-refractivity contribution is 0.0494. The van der Waals surface area contributed by atoms with E-state index in [4.69, 9.17) is 18.9 Å². The minimum Gasteiger partial charge on any atom is -0.491 e. The van der Waals surface area contributed by atoms with Gasteiger partial charge in [0.15, 0.2) is 0 Å². The van der Waals surface area contributed by atoms with Crippen molar-refractivity contribution in [1.29, 1.82) is 0 Å². The summed E-state index contributed by atoms with van der Waals surface area (Å²) in [4.78, 5) is 16.0. The summed E-state index contributed by atoms with van der Waals surface area (Å²) in [5, 5.41) is 2.74. The Labute approximate surface area is 172 Å². The molecule has 158 valence electrons. The molecule has 1 aromatic heterocycles. The zero-order chi connectivity index (χ0) is 21.4. The molecule has 0 aliphatic heterocycles. The zero-order valence-electron chi connectivity index (χ0n) is 17.9. The number of alkyl carbamates (subject to hydrolysis) is 1. The van der Waals surface area contributed by atoms with Gasteiger partial charge in [0.05, 0.1) is 18.3 Å². The van der Waals surface area contributed by atoms with Gasteiger partial charge in [-0.1, -0.05) is 0 Å². The Morgan fingerprint density at radius 1 is 1.00 bits per heavy atom. The lowest BCUT2D eigenvalue weighted by Gasteiger charge is -2.22. The fraction of sp³-hybridized carbons (Fsp3) is 0.455. The van der Waals surface area contributed by atoms with E-state index in [1.54, 1.807) is 36.5 Å². The van der Waals surface area contributed by atoms with E-state index in [1.807, 2.05) is 47.6 Å². The third kappa shape index (κ3) is 8.72. The van der Waals surface area contributed by atoms with Gasteiger partial charge in [0.1, 0.15) is 29.5 Å². The minimum atomic E-state index is -0.531. The van der Waals surface area contributed by atoms with E-state index >= 15 is 0 Å². The first-order chi connectivity index (χ1) is 13.6. The van der Waals surface area contributed by atoms with Gasteiger partial charge in [0.25, 0.3) is 0 Å². The number of ether oxygens (including phenoxy) is 4. The van der Waals surface area contributed by atoms with Crippen LogP contribution in [0.1, 0.15) is 41.5 Å². The molecule has 2 aromatic rings. The van der Waals surface area contributed by atoms with Crippen LogP contribution in [0.2, 0.25) is 0 Å². The Morgan fingerprint density at radius 3 is 2.17 bits per heavy atom. The molecular formula is C22H30N2O5. The molecule has 1 atom stereocenters. The molecule has 0 aliphatic carbocycles. The summed E-state index contributed by atoms with van der Waals surface area (Å²) in [5.74, 6) is 2.49. The number of hydrogen-bond donors (Lipinski definition) is 1. The predicted octanol–water partition coefficient (Wildman–Crippen LogP) is 4.95. The van der Waals surface area contributed by atoms with E-state index in [9.17, 15) is 4.79 Å².